The maximum absolute atomic E-state index is 10.4. The summed E-state index contributed by atoms with van der Waals surface area (Å²) in [4.78, 5) is 10.4. The lowest BCUT2D eigenvalue weighted by molar-refractivity contribution is -0.176. The lowest BCUT2D eigenvalue weighted by Crippen LogP contribution is -2.42. The van der Waals surface area contributed by atoms with Crippen molar-refractivity contribution in [1.82, 2.24) is 5.06 Å². The number of carbonyl (C=O) groups is 1. The minimum Gasteiger partial charge on any atom is -0.480 e. The van der Waals surface area contributed by atoms with Gasteiger partial charge in [-0.1, -0.05) is 0 Å². The molecular weight excluding hydrogens is 134 g/mol. The van der Waals surface area contributed by atoms with Crippen molar-refractivity contribution in [3.05, 3.63) is 0 Å². The molecule has 2 N–H and O–H groups in total. The van der Waals surface area contributed by atoms with Crippen LogP contribution in [0.1, 0.15) is 19.3 Å². The number of hydrogen-bond acceptors (Lipinski definition) is 3. The molecule has 0 bridgehead atoms. The summed E-state index contributed by atoms with van der Waals surface area (Å²) >= 11 is 0. The molecule has 4 nitrogen and oxygen atoms in total. The molecule has 0 aromatic heterocycles. The highest BCUT2D eigenvalue weighted by molar-refractivity contribution is 5.73. The van der Waals surface area contributed by atoms with Crippen LogP contribution in [0, 0.1) is 0 Å². The van der Waals surface area contributed by atoms with Crippen molar-refractivity contribution in [2.75, 3.05) is 6.54 Å². The first-order valence-corrected chi connectivity index (χ1v) is 3.40. The third-order valence-corrected chi connectivity index (χ3v) is 1.76. The first-order valence-electron chi connectivity index (χ1n) is 3.40. The summed E-state index contributed by atoms with van der Waals surface area (Å²) in [5.41, 5.74) is 0. The van der Waals surface area contributed by atoms with E-state index in [1.54, 1.807) is 0 Å². The van der Waals surface area contributed by atoms with Crippen LogP contribution in [-0.2, 0) is 4.79 Å². The fourth-order valence-corrected chi connectivity index (χ4v) is 1.17. The molecule has 0 spiro atoms. The van der Waals surface area contributed by atoms with E-state index in [4.69, 9.17) is 10.3 Å². The van der Waals surface area contributed by atoms with Crippen LogP contribution in [0.3, 0.4) is 0 Å². The van der Waals surface area contributed by atoms with E-state index >= 15 is 0 Å². The molecule has 1 atom stereocenters. The number of hydroxylamine groups is 2. The molecule has 1 aliphatic heterocycles. The Hall–Kier alpha value is -0.610. The van der Waals surface area contributed by atoms with E-state index in [0.717, 1.165) is 17.9 Å². The van der Waals surface area contributed by atoms with Gasteiger partial charge in [0.25, 0.3) is 0 Å². The average Bonchev–Trinajstić information content (AvgIpc) is 1.88. The highest BCUT2D eigenvalue weighted by Gasteiger charge is 2.26. The van der Waals surface area contributed by atoms with Crippen LogP contribution in [0.5, 0.6) is 0 Å². The van der Waals surface area contributed by atoms with Crippen molar-refractivity contribution in [2.45, 2.75) is 25.3 Å². The Balaban J connectivity index is 2.47. The van der Waals surface area contributed by atoms with Crippen LogP contribution >= 0.6 is 0 Å². The van der Waals surface area contributed by atoms with E-state index in [2.05, 4.69) is 0 Å². The predicted octanol–water partition coefficient (Wildman–Crippen LogP) is 0.315. The Morgan fingerprint density at radius 2 is 2.20 bits per heavy atom. The molecule has 1 unspecified atom stereocenters. The zero-order valence-corrected chi connectivity index (χ0v) is 5.66. The molecule has 1 rings (SSSR count). The zero-order chi connectivity index (χ0) is 7.56. The van der Waals surface area contributed by atoms with Crippen LogP contribution in [0.2, 0.25) is 0 Å². The second-order valence-electron chi connectivity index (χ2n) is 2.51. The number of rotatable bonds is 1. The topological polar surface area (TPSA) is 60.8 Å². The van der Waals surface area contributed by atoms with Gasteiger partial charge in [0.05, 0.1) is 0 Å². The van der Waals surface area contributed by atoms with Gasteiger partial charge in [0.1, 0.15) is 6.04 Å². The van der Waals surface area contributed by atoms with Crippen molar-refractivity contribution in [2.24, 2.45) is 0 Å². The third kappa shape index (κ3) is 1.46. The Bertz CT molecular complexity index is 137. The van der Waals surface area contributed by atoms with Crippen molar-refractivity contribution in [1.29, 1.82) is 0 Å². The highest BCUT2D eigenvalue weighted by atomic mass is 16.5. The van der Waals surface area contributed by atoms with Gasteiger partial charge in [-0.05, 0) is 19.3 Å². The van der Waals surface area contributed by atoms with Crippen molar-refractivity contribution < 1.29 is 15.1 Å². The minimum absolute atomic E-state index is 0.483. The smallest absolute Gasteiger partial charge is 0.323 e. The molecular formula is C6H11NO3. The van der Waals surface area contributed by atoms with Gasteiger partial charge in [-0.15, -0.1) is 0 Å². The summed E-state index contributed by atoms with van der Waals surface area (Å²) < 4.78 is 0. The fraction of sp³-hybridized carbons (Fsp3) is 0.833. The van der Waals surface area contributed by atoms with E-state index in [0.29, 0.717) is 13.0 Å². The highest BCUT2D eigenvalue weighted by Crippen LogP contribution is 2.14. The lowest BCUT2D eigenvalue weighted by Gasteiger charge is -2.26. The second kappa shape index (κ2) is 2.98. The predicted molar refractivity (Wildman–Crippen MR) is 33.8 cm³/mol. The average molecular weight is 145 g/mol. The monoisotopic (exact) mass is 145 g/mol. The number of piperidine rings is 1. The maximum Gasteiger partial charge on any atom is 0.323 e. The molecule has 1 aliphatic rings. The van der Waals surface area contributed by atoms with Gasteiger partial charge >= 0.3 is 5.97 Å². The standard InChI is InChI=1S/C6H11NO3/c8-6(9)5-3-1-2-4-7(5)10/h5,10H,1-4H2,(H,8,9). The van der Waals surface area contributed by atoms with Gasteiger partial charge < -0.3 is 10.3 Å². The Labute approximate surface area is 59.0 Å². The van der Waals surface area contributed by atoms with E-state index in [1.807, 2.05) is 0 Å². The van der Waals surface area contributed by atoms with Crippen molar-refractivity contribution in [3.63, 3.8) is 0 Å². The minimum atomic E-state index is -0.929. The molecule has 1 heterocycles. The molecule has 0 aromatic rings. The Morgan fingerprint density at radius 1 is 1.50 bits per heavy atom. The summed E-state index contributed by atoms with van der Waals surface area (Å²) in [5, 5.41) is 18.4. The van der Waals surface area contributed by atoms with E-state index in [9.17, 15) is 4.79 Å². The lowest BCUT2D eigenvalue weighted by atomic mass is 10.1. The summed E-state index contributed by atoms with van der Waals surface area (Å²) in [7, 11) is 0. The van der Waals surface area contributed by atoms with Crippen LogP contribution in [0.25, 0.3) is 0 Å². The van der Waals surface area contributed by atoms with Gasteiger partial charge in [-0.25, -0.2) is 0 Å². The number of carboxylic acids is 1. The summed E-state index contributed by atoms with van der Waals surface area (Å²) in [6.07, 6.45) is 2.35. The number of hydrogen-bond donors (Lipinski definition) is 2. The molecule has 1 fully saturated rings. The van der Waals surface area contributed by atoms with E-state index in [1.165, 1.54) is 0 Å². The number of carboxylic acid groups (broad SMARTS) is 1. The molecule has 0 radical (unpaired) electrons. The summed E-state index contributed by atoms with van der Waals surface area (Å²) in [6.45, 7) is 0.483. The Morgan fingerprint density at radius 3 is 2.60 bits per heavy atom. The summed E-state index contributed by atoms with van der Waals surface area (Å²) in [6, 6.07) is -0.672. The van der Waals surface area contributed by atoms with Crippen molar-refractivity contribution in [3.8, 4) is 0 Å². The van der Waals surface area contributed by atoms with Gasteiger partial charge in [0.2, 0.25) is 0 Å². The van der Waals surface area contributed by atoms with Crippen LogP contribution in [-0.4, -0.2) is 33.9 Å². The van der Waals surface area contributed by atoms with Gasteiger partial charge in [-0.2, -0.15) is 5.06 Å². The van der Waals surface area contributed by atoms with Crippen LogP contribution in [0.4, 0.5) is 0 Å². The molecule has 4 heteroatoms. The molecule has 1 saturated heterocycles. The molecule has 0 aliphatic carbocycles. The van der Waals surface area contributed by atoms with Gasteiger partial charge in [0, 0.05) is 6.54 Å². The zero-order valence-electron chi connectivity index (χ0n) is 5.66. The Kier molecular flexibility index (Phi) is 2.24. The summed E-state index contributed by atoms with van der Waals surface area (Å²) in [5.74, 6) is -0.929. The van der Waals surface area contributed by atoms with Gasteiger partial charge in [-0.3, -0.25) is 4.79 Å². The second-order valence-corrected chi connectivity index (χ2v) is 2.51. The largest absolute Gasteiger partial charge is 0.480 e. The number of nitrogens with zero attached hydrogens (tertiary/aromatic N) is 1. The molecule has 0 amide bonds. The maximum atomic E-state index is 10.4. The van der Waals surface area contributed by atoms with Crippen LogP contribution < -0.4 is 0 Å². The molecule has 10 heavy (non-hydrogen) atoms. The third-order valence-electron chi connectivity index (χ3n) is 1.76. The first kappa shape index (κ1) is 7.50. The first-order chi connectivity index (χ1) is 4.72. The molecule has 0 saturated carbocycles. The normalized spacial score (nSPS) is 28.3. The molecule has 0 aromatic carbocycles. The van der Waals surface area contributed by atoms with Gasteiger partial charge in [0.15, 0.2) is 0 Å². The van der Waals surface area contributed by atoms with E-state index < -0.39 is 12.0 Å². The fourth-order valence-electron chi connectivity index (χ4n) is 1.17. The van der Waals surface area contributed by atoms with E-state index in [-0.39, 0.29) is 0 Å². The molecule has 58 valence electrons. The SMILES string of the molecule is O=C(O)C1CCCCN1O. The quantitative estimate of drug-likeness (QED) is 0.557. The van der Waals surface area contributed by atoms with Crippen LogP contribution in [0.15, 0.2) is 0 Å². The van der Waals surface area contributed by atoms with Crippen molar-refractivity contribution >= 4 is 5.97 Å². The number of aliphatic carboxylic acids is 1.